The van der Waals surface area contributed by atoms with Crippen molar-refractivity contribution in [2.24, 2.45) is 11.8 Å². The van der Waals surface area contributed by atoms with Crippen LogP contribution < -0.4 is 15.1 Å². The van der Waals surface area contributed by atoms with Crippen LogP contribution in [0.5, 0.6) is 0 Å². The van der Waals surface area contributed by atoms with Gasteiger partial charge in [0.05, 0.1) is 28.5 Å². The maximum Gasteiger partial charge on any atom is 0.269 e. The minimum Gasteiger partial charge on any atom is -0.351 e. The van der Waals surface area contributed by atoms with Crippen LogP contribution in [-0.4, -0.2) is 34.7 Å². The van der Waals surface area contributed by atoms with Crippen LogP contribution in [0.4, 0.5) is 27.1 Å². The van der Waals surface area contributed by atoms with Crippen LogP contribution in [0.1, 0.15) is 5.56 Å². The smallest absolute Gasteiger partial charge is 0.269 e. The van der Waals surface area contributed by atoms with Crippen molar-refractivity contribution in [2.45, 2.75) is 12.1 Å². The summed E-state index contributed by atoms with van der Waals surface area (Å²) < 4.78 is 14.6. The van der Waals surface area contributed by atoms with E-state index in [4.69, 9.17) is 0 Å². The fourth-order valence-corrected chi connectivity index (χ4v) is 5.57. The molecule has 3 aromatic carbocycles. The van der Waals surface area contributed by atoms with Gasteiger partial charge in [0.25, 0.3) is 5.69 Å². The molecule has 4 atom stereocenters. The summed E-state index contributed by atoms with van der Waals surface area (Å²) in [5.41, 5.74) is 1.56. The van der Waals surface area contributed by atoms with Gasteiger partial charge in [-0.3, -0.25) is 24.5 Å². The van der Waals surface area contributed by atoms with E-state index < -0.39 is 52.4 Å². The van der Waals surface area contributed by atoms with Gasteiger partial charge in [0, 0.05) is 23.5 Å². The Hall–Kier alpha value is -4.86. The third kappa shape index (κ3) is 3.40. The van der Waals surface area contributed by atoms with Gasteiger partial charge < -0.3 is 10.2 Å². The Morgan fingerprint density at radius 3 is 2.24 bits per heavy atom. The normalized spacial score (nSPS) is 23.5. The van der Waals surface area contributed by atoms with Crippen LogP contribution in [0.25, 0.3) is 6.08 Å². The number of imide groups is 1. The number of rotatable bonds is 4. The van der Waals surface area contributed by atoms with E-state index in [0.29, 0.717) is 11.4 Å². The van der Waals surface area contributed by atoms with Gasteiger partial charge in [-0.05, 0) is 35.9 Å². The van der Waals surface area contributed by atoms with Crippen molar-refractivity contribution in [3.05, 3.63) is 100 Å². The monoisotopic (exact) mass is 498 g/mol. The lowest BCUT2D eigenvalue weighted by Crippen LogP contribution is -2.50. The van der Waals surface area contributed by atoms with E-state index in [1.54, 1.807) is 11.0 Å². The molecule has 2 fully saturated rings. The van der Waals surface area contributed by atoms with Crippen molar-refractivity contribution >= 4 is 46.5 Å². The van der Waals surface area contributed by atoms with Crippen molar-refractivity contribution in [3.8, 4) is 0 Å². The molecule has 0 unspecified atom stereocenters. The Kier molecular flexibility index (Phi) is 5.11. The molecular formula is C27H19FN4O5. The summed E-state index contributed by atoms with van der Waals surface area (Å²) in [6.07, 6.45) is 3.66. The fraction of sp³-hybridized carbons (Fsp3) is 0.148. The number of amides is 3. The molecule has 0 saturated carbocycles. The first kappa shape index (κ1) is 22.6. The average Bonchev–Trinajstić information content (AvgIpc) is 3.37. The number of hydrogen-bond acceptors (Lipinski definition) is 6. The number of carbonyl (C=O) groups is 3. The van der Waals surface area contributed by atoms with Gasteiger partial charge in [0.2, 0.25) is 17.7 Å². The molecule has 2 saturated heterocycles. The Labute approximate surface area is 209 Å². The number of nitrogens with one attached hydrogen (secondary N) is 1. The molecule has 0 aromatic heterocycles. The van der Waals surface area contributed by atoms with Gasteiger partial charge >= 0.3 is 0 Å². The number of nitrogens with zero attached hydrogens (tertiary/aromatic N) is 3. The van der Waals surface area contributed by atoms with E-state index in [2.05, 4.69) is 5.32 Å². The van der Waals surface area contributed by atoms with Crippen molar-refractivity contribution < 1.29 is 23.7 Å². The van der Waals surface area contributed by atoms with E-state index in [1.807, 2.05) is 30.3 Å². The molecule has 6 rings (SSSR count). The number of nitro groups is 1. The molecule has 0 spiro atoms. The van der Waals surface area contributed by atoms with Gasteiger partial charge in [-0.25, -0.2) is 9.29 Å². The standard InChI is InChI=1S/C27H19FN4O5/c28-18-6-2-4-8-20(18)31-26(34)22-21-14-9-15-5-1-3-7-19(15)30(21)24(23(22)27(31)35)25(33)29-16-10-12-17(13-11-16)32(36)37/h1-14,21-24H,(H,29,33)/t21-,22+,23-,24+/m1/s1. The second-order valence-corrected chi connectivity index (χ2v) is 9.07. The molecule has 10 heteroatoms. The zero-order valence-corrected chi connectivity index (χ0v) is 19.2. The molecule has 1 N–H and O–H groups in total. The highest BCUT2D eigenvalue weighted by Crippen LogP contribution is 2.49. The number of fused-ring (bicyclic) bond motifs is 5. The van der Waals surface area contributed by atoms with E-state index >= 15 is 0 Å². The molecule has 3 aliphatic heterocycles. The Morgan fingerprint density at radius 1 is 0.892 bits per heavy atom. The molecule has 3 heterocycles. The molecule has 3 aliphatic rings. The number of halogens is 1. The lowest BCUT2D eigenvalue weighted by Gasteiger charge is -2.36. The second-order valence-electron chi connectivity index (χ2n) is 9.07. The Morgan fingerprint density at radius 2 is 1.54 bits per heavy atom. The summed E-state index contributed by atoms with van der Waals surface area (Å²) in [4.78, 5) is 54.2. The number of benzene rings is 3. The fourth-order valence-electron chi connectivity index (χ4n) is 5.57. The van der Waals surface area contributed by atoms with E-state index in [0.717, 1.165) is 10.5 Å². The highest BCUT2D eigenvalue weighted by atomic mass is 19.1. The van der Waals surface area contributed by atoms with Gasteiger partial charge in [0.15, 0.2) is 0 Å². The molecule has 184 valence electrons. The van der Waals surface area contributed by atoms with Gasteiger partial charge in [0.1, 0.15) is 11.9 Å². The molecule has 0 radical (unpaired) electrons. The van der Waals surface area contributed by atoms with E-state index in [-0.39, 0.29) is 11.4 Å². The quantitative estimate of drug-likeness (QED) is 0.333. The van der Waals surface area contributed by atoms with Crippen molar-refractivity contribution in [3.63, 3.8) is 0 Å². The van der Waals surface area contributed by atoms with Gasteiger partial charge in [-0.1, -0.05) is 42.5 Å². The number of carbonyl (C=O) groups excluding carboxylic acids is 3. The third-order valence-corrected chi connectivity index (χ3v) is 7.12. The van der Waals surface area contributed by atoms with Crippen LogP contribution in [0.15, 0.2) is 78.9 Å². The maximum atomic E-state index is 14.6. The van der Waals surface area contributed by atoms with Gasteiger partial charge in [-0.2, -0.15) is 0 Å². The minimum absolute atomic E-state index is 0.133. The molecule has 3 aromatic rings. The SMILES string of the molecule is O=C(Nc1ccc([N+](=O)[O-])cc1)[C@@H]1[C@@H]2C(=O)N(c3ccccc3F)C(=O)[C@H]2[C@H]2C=Cc3ccccc3N21. The lowest BCUT2D eigenvalue weighted by atomic mass is 9.88. The molecule has 3 amide bonds. The summed E-state index contributed by atoms with van der Waals surface area (Å²) in [7, 11) is 0. The van der Waals surface area contributed by atoms with Crippen LogP contribution in [0.3, 0.4) is 0 Å². The van der Waals surface area contributed by atoms with Crippen molar-refractivity contribution in [1.29, 1.82) is 0 Å². The highest BCUT2D eigenvalue weighted by molar-refractivity contribution is 6.25. The topological polar surface area (TPSA) is 113 Å². The highest BCUT2D eigenvalue weighted by Gasteiger charge is 2.64. The molecule has 0 aliphatic carbocycles. The second kappa shape index (κ2) is 8.37. The molecule has 37 heavy (non-hydrogen) atoms. The predicted octanol–water partition coefficient (Wildman–Crippen LogP) is 3.76. The summed E-state index contributed by atoms with van der Waals surface area (Å²) in [5, 5.41) is 13.7. The molecular weight excluding hydrogens is 479 g/mol. The summed E-state index contributed by atoms with van der Waals surface area (Å²) in [6.45, 7) is 0. The number of nitro benzene ring substituents is 1. The first-order valence-electron chi connectivity index (χ1n) is 11.6. The number of hydrogen-bond donors (Lipinski definition) is 1. The van der Waals surface area contributed by atoms with E-state index in [1.165, 1.54) is 48.5 Å². The first-order chi connectivity index (χ1) is 17.9. The Bertz CT molecular complexity index is 1500. The third-order valence-electron chi connectivity index (χ3n) is 7.12. The zero-order chi connectivity index (χ0) is 25.8. The lowest BCUT2D eigenvalue weighted by molar-refractivity contribution is -0.384. The molecule has 0 bridgehead atoms. The predicted molar refractivity (Wildman–Crippen MR) is 133 cm³/mol. The zero-order valence-electron chi connectivity index (χ0n) is 19.2. The van der Waals surface area contributed by atoms with Crippen LogP contribution in [0.2, 0.25) is 0 Å². The number of non-ortho nitro benzene ring substituents is 1. The average molecular weight is 498 g/mol. The van der Waals surface area contributed by atoms with Crippen LogP contribution in [0, 0.1) is 27.8 Å². The van der Waals surface area contributed by atoms with Gasteiger partial charge in [-0.15, -0.1) is 0 Å². The summed E-state index contributed by atoms with van der Waals surface area (Å²) in [5.74, 6) is -4.44. The largest absolute Gasteiger partial charge is 0.351 e. The maximum absolute atomic E-state index is 14.6. The number of para-hydroxylation sites is 2. The van der Waals surface area contributed by atoms with Crippen molar-refractivity contribution in [1.82, 2.24) is 0 Å². The molecule has 9 nitrogen and oxygen atoms in total. The summed E-state index contributed by atoms with van der Waals surface area (Å²) in [6, 6.07) is 16.5. The minimum atomic E-state index is -1.08. The van der Waals surface area contributed by atoms with Crippen LogP contribution in [-0.2, 0) is 14.4 Å². The van der Waals surface area contributed by atoms with Crippen molar-refractivity contribution in [2.75, 3.05) is 15.1 Å². The van der Waals surface area contributed by atoms with Crippen LogP contribution >= 0.6 is 0 Å². The number of anilines is 3. The Balaban J connectivity index is 1.42. The first-order valence-corrected chi connectivity index (χ1v) is 11.6. The van der Waals surface area contributed by atoms with E-state index in [9.17, 15) is 28.9 Å². The summed E-state index contributed by atoms with van der Waals surface area (Å²) >= 11 is 0.